The number of carboxylic acids is 1. The van der Waals surface area contributed by atoms with Gasteiger partial charge in [0.25, 0.3) is 0 Å². The average Bonchev–Trinajstić information content (AvgIpc) is 2.72. The number of pyridine rings is 1. The number of nitrogens with zero attached hydrogens (tertiary/aromatic N) is 2. The Hall–Kier alpha value is -1.24. The number of hydrogen-bond acceptors (Lipinski definition) is 5. The topological polar surface area (TPSA) is 97.8 Å². The van der Waals surface area contributed by atoms with Gasteiger partial charge in [0.15, 0.2) is 11.8 Å². The number of aromatic carboxylic acids is 1. The summed E-state index contributed by atoms with van der Waals surface area (Å²) in [5.74, 6) is -1.31. The minimum absolute atomic E-state index is 0.0385. The Balaban J connectivity index is 2.51. The van der Waals surface area contributed by atoms with Crippen LogP contribution in [0.5, 0.6) is 0 Å². The molecule has 2 heterocycles. The third-order valence-corrected chi connectivity index (χ3v) is 3.28. The average molecular weight is 311 g/mol. The number of rotatable bonds is 2. The fourth-order valence-corrected chi connectivity index (χ4v) is 2.13. The Morgan fingerprint density at radius 2 is 2.06 bits per heavy atom. The van der Waals surface area contributed by atoms with Gasteiger partial charge in [-0.15, -0.1) is 0 Å². The van der Waals surface area contributed by atoms with Crippen molar-refractivity contribution in [3.05, 3.63) is 21.4 Å². The van der Waals surface area contributed by atoms with Crippen LogP contribution in [-0.2, 0) is 4.84 Å². The fourth-order valence-electron chi connectivity index (χ4n) is 1.43. The third-order valence-electron chi connectivity index (χ3n) is 2.28. The van der Waals surface area contributed by atoms with E-state index in [1.54, 1.807) is 0 Å². The quantitative estimate of drug-likeness (QED) is 0.875. The molecule has 2 rings (SSSR count). The van der Waals surface area contributed by atoms with Crippen molar-refractivity contribution >= 4 is 51.6 Å². The van der Waals surface area contributed by atoms with E-state index in [0.717, 1.165) is 0 Å². The molecule has 0 bridgehead atoms. The number of oxime groups is 1. The highest BCUT2D eigenvalue weighted by Gasteiger charge is 2.29. The highest BCUT2D eigenvalue weighted by Crippen LogP contribution is 2.38. The first kappa shape index (κ1) is 13.2. The summed E-state index contributed by atoms with van der Waals surface area (Å²) in [5.41, 5.74) is 5.33. The van der Waals surface area contributed by atoms with E-state index in [4.69, 9.17) is 50.5 Å². The highest BCUT2D eigenvalue weighted by atomic mass is 35.5. The molecule has 1 atom stereocenters. The summed E-state index contributed by atoms with van der Waals surface area (Å²) in [5, 5.41) is 12.6. The van der Waals surface area contributed by atoms with Gasteiger partial charge in [0, 0.05) is 6.42 Å². The number of nitrogen functional groups attached to an aromatic ring is 1. The zero-order chi connectivity index (χ0) is 13.4. The largest absolute Gasteiger partial charge is 0.476 e. The van der Waals surface area contributed by atoms with E-state index in [1.165, 1.54) is 0 Å². The van der Waals surface area contributed by atoms with Crippen molar-refractivity contribution in [3.8, 4) is 0 Å². The van der Waals surface area contributed by atoms with E-state index >= 15 is 0 Å². The number of anilines is 1. The summed E-state index contributed by atoms with van der Waals surface area (Å²) < 4.78 is 0. The first-order chi connectivity index (χ1) is 8.41. The second kappa shape index (κ2) is 4.79. The molecule has 0 aromatic carbocycles. The van der Waals surface area contributed by atoms with Gasteiger partial charge in [-0.25, -0.2) is 9.78 Å². The first-order valence-corrected chi connectivity index (χ1v) is 5.81. The maximum Gasteiger partial charge on any atom is 0.356 e. The van der Waals surface area contributed by atoms with Crippen molar-refractivity contribution in [2.45, 2.75) is 12.5 Å². The van der Waals surface area contributed by atoms with Crippen molar-refractivity contribution in [1.29, 1.82) is 0 Å². The molecule has 0 amide bonds. The first-order valence-electron chi connectivity index (χ1n) is 4.67. The molecule has 0 aliphatic carbocycles. The molecule has 0 saturated carbocycles. The molecule has 1 unspecified atom stereocenters. The molecule has 3 N–H and O–H groups in total. The van der Waals surface area contributed by atoms with Gasteiger partial charge in [-0.1, -0.05) is 40.0 Å². The van der Waals surface area contributed by atoms with E-state index in [0.29, 0.717) is 0 Å². The van der Waals surface area contributed by atoms with Gasteiger partial charge in [0.1, 0.15) is 10.9 Å². The lowest BCUT2D eigenvalue weighted by Crippen LogP contribution is -2.11. The number of hydrogen-bond donors (Lipinski definition) is 2. The zero-order valence-corrected chi connectivity index (χ0v) is 10.9. The van der Waals surface area contributed by atoms with Gasteiger partial charge in [0.2, 0.25) is 0 Å². The summed E-state index contributed by atoms with van der Waals surface area (Å²) in [6.45, 7) is 0. The van der Waals surface area contributed by atoms with Crippen LogP contribution < -0.4 is 5.73 Å². The van der Waals surface area contributed by atoms with Crippen molar-refractivity contribution in [2.24, 2.45) is 5.16 Å². The molecule has 0 fully saturated rings. The van der Waals surface area contributed by atoms with Crippen LogP contribution in [0, 0.1) is 0 Å². The van der Waals surface area contributed by atoms with Crippen LogP contribution >= 0.6 is 34.8 Å². The van der Waals surface area contributed by atoms with E-state index in [9.17, 15) is 4.79 Å². The fraction of sp³-hybridized carbons (Fsp3) is 0.222. The summed E-state index contributed by atoms with van der Waals surface area (Å²) in [4.78, 5) is 19.8. The molecule has 0 radical (unpaired) electrons. The number of carbonyl (C=O) groups is 1. The van der Waals surface area contributed by atoms with E-state index in [-0.39, 0.29) is 38.7 Å². The Labute approximate surface area is 116 Å². The Morgan fingerprint density at radius 1 is 1.39 bits per heavy atom. The summed E-state index contributed by atoms with van der Waals surface area (Å²) in [6, 6.07) is 0. The standard InChI is InChI=1S/C9H6Cl3N3O3/c10-3-1-2(18-15-3)7-4(11)6(13)5(12)8(14-7)9(16)17/h2H,1H2,(H2,13,14)(H,16,17). The summed E-state index contributed by atoms with van der Waals surface area (Å²) in [7, 11) is 0. The predicted molar refractivity (Wildman–Crippen MR) is 67.4 cm³/mol. The molecule has 1 aromatic heterocycles. The number of aromatic nitrogens is 1. The van der Waals surface area contributed by atoms with Crippen LogP contribution in [0.25, 0.3) is 0 Å². The normalized spacial score (nSPS) is 18.4. The second-order valence-electron chi connectivity index (χ2n) is 3.46. The number of halogens is 3. The minimum atomic E-state index is -1.31. The summed E-state index contributed by atoms with van der Waals surface area (Å²) in [6.07, 6.45) is -0.420. The third kappa shape index (κ3) is 2.19. The van der Waals surface area contributed by atoms with Gasteiger partial charge in [-0.2, -0.15) is 0 Å². The van der Waals surface area contributed by atoms with E-state index in [1.807, 2.05) is 0 Å². The van der Waals surface area contributed by atoms with Crippen LogP contribution in [0.4, 0.5) is 5.69 Å². The van der Waals surface area contributed by atoms with Crippen LogP contribution in [-0.4, -0.2) is 21.2 Å². The van der Waals surface area contributed by atoms with Crippen molar-refractivity contribution in [1.82, 2.24) is 4.98 Å². The molecular formula is C9H6Cl3N3O3. The lowest BCUT2D eigenvalue weighted by atomic mass is 10.1. The molecule has 96 valence electrons. The highest BCUT2D eigenvalue weighted by molar-refractivity contribution is 6.65. The Bertz CT molecular complexity index is 562. The van der Waals surface area contributed by atoms with Crippen LogP contribution in [0.15, 0.2) is 5.16 Å². The SMILES string of the molecule is Nc1c(Cl)c(C(=O)O)nc(C2CC(Cl)=NO2)c1Cl. The molecule has 0 spiro atoms. The van der Waals surface area contributed by atoms with Gasteiger partial charge < -0.3 is 15.7 Å². The molecule has 6 nitrogen and oxygen atoms in total. The second-order valence-corrected chi connectivity index (χ2v) is 4.65. The van der Waals surface area contributed by atoms with Crippen LogP contribution in [0.1, 0.15) is 28.7 Å². The number of nitrogens with two attached hydrogens (primary N) is 1. The lowest BCUT2D eigenvalue weighted by molar-refractivity contribution is 0.0683. The smallest absolute Gasteiger partial charge is 0.356 e. The van der Waals surface area contributed by atoms with Gasteiger partial charge >= 0.3 is 5.97 Å². The maximum absolute atomic E-state index is 11.0. The molecule has 9 heteroatoms. The Kier molecular flexibility index (Phi) is 3.52. The van der Waals surface area contributed by atoms with Gasteiger partial charge in [-0.3, -0.25) is 0 Å². The molecular weight excluding hydrogens is 304 g/mol. The monoisotopic (exact) mass is 309 g/mol. The molecule has 0 saturated heterocycles. The van der Waals surface area contributed by atoms with Crippen molar-refractivity contribution in [2.75, 3.05) is 5.73 Å². The van der Waals surface area contributed by atoms with Gasteiger partial charge in [0.05, 0.1) is 15.7 Å². The molecule has 1 aliphatic heterocycles. The molecule has 18 heavy (non-hydrogen) atoms. The van der Waals surface area contributed by atoms with Crippen LogP contribution in [0.3, 0.4) is 0 Å². The molecule has 1 aliphatic rings. The Morgan fingerprint density at radius 3 is 2.56 bits per heavy atom. The predicted octanol–water partition coefficient (Wildman–Crippen LogP) is 2.68. The van der Waals surface area contributed by atoms with E-state index < -0.39 is 12.1 Å². The summed E-state index contributed by atoms with van der Waals surface area (Å²) >= 11 is 17.4. The maximum atomic E-state index is 11.0. The van der Waals surface area contributed by atoms with Gasteiger partial charge in [-0.05, 0) is 0 Å². The lowest BCUT2D eigenvalue weighted by Gasteiger charge is -2.13. The van der Waals surface area contributed by atoms with Crippen LogP contribution in [0.2, 0.25) is 10.0 Å². The van der Waals surface area contributed by atoms with Crippen molar-refractivity contribution < 1.29 is 14.7 Å². The number of carboxylic acid groups (broad SMARTS) is 1. The minimum Gasteiger partial charge on any atom is -0.476 e. The zero-order valence-electron chi connectivity index (χ0n) is 8.65. The van der Waals surface area contributed by atoms with Crippen molar-refractivity contribution in [3.63, 3.8) is 0 Å². The molecule has 1 aromatic rings. The van der Waals surface area contributed by atoms with E-state index in [2.05, 4.69) is 10.1 Å².